The van der Waals surface area contributed by atoms with E-state index in [1.807, 2.05) is 0 Å². The van der Waals surface area contributed by atoms with E-state index < -0.39 is 11.6 Å². The third-order valence-electron chi connectivity index (χ3n) is 1.39. The first-order valence-electron chi connectivity index (χ1n) is 4.12. The Labute approximate surface area is 78.4 Å². The van der Waals surface area contributed by atoms with Crippen molar-refractivity contribution in [2.24, 2.45) is 0 Å². The third kappa shape index (κ3) is 8.82. The Morgan fingerprint density at radius 3 is 2.38 bits per heavy atom. The summed E-state index contributed by atoms with van der Waals surface area (Å²) in [6, 6.07) is 0. The molecular formula is C10H16O3. The minimum absolute atomic E-state index is 0.0784. The number of aliphatic carboxylic acids is 1. The van der Waals surface area contributed by atoms with Gasteiger partial charge in [0, 0.05) is 6.42 Å². The van der Waals surface area contributed by atoms with E-state index >= 15 is 0 Å². The summed E-state index contributed by atoms with van der Waals surface area (Å²) in [5.41, 5.74) is -0.156. The molecule has 3 nitrogen and oxygen atoms in total. The Bertz CT molecular complexity index is 221. The van der Waals surface area contributed by atoms with Crippen molar-refractivity contribution in [3.05, 3.63) is 24.3 Å². The second kappa shape index (κ2) is 4.82. The zero-order valence-corrected chi connectivity index (χ0v) is 8.08. The smallest absolute Gasteiger partial charge is 0.303 e. The highest BCUT2D eigenvalue weighted by molar-refractivity contribution is 5.67. The van der Waals surface area contributed by atoms with Gasteiger partial charge in [-0.1, -0.05) is 24.3 Å². The maximum Gasteiger partial charge on any atom is 0.303 e. The number of hydrogen-bond acceptors (Lipinski definition) is 2. The molecule has 0 fully saturated rings. The summed E-state index contributed by atoms with van der Waals surface area (Å²) in [7, 11) is 0. The van der Waals surface area contributed by atoms with Gasteiger partial charge >= 0.3 is 5.97 Å². The number of allylic oxidation sites excluding steroid dienone is 2. The molecule has 0 heterocycles. The molecule has 0 unspecified atom stereocenters. The van der Waals surface area contributed by atoms with Gasteiger partial charge < -0.3 is 10.2 Å². The molecule has 2 N–H and O–H groups in total. The zero-order chi connectivity index (χ0) is 10.5. The summed E-state index contributed by atoms with van der Waals surface area (Å²) in [4.78, 5) is 10.2. The van der Waals surface area contributed by atoms with Crippen molar-refractivity contribution in [3.8, 4) is 0 Å². The van der Waals surface area contributed by atoms with E-state index in [-0.39, 0.29) is 6.42 Å². The number of hydrogen-bond donors (Lipinski definition) is 2. The van der Waals surface area contributed by atoms with Crippen molar-refractivity contribution in [3.63, 3.8) is 0 Å². The summed E-state index contributed by atoms with van der Waals surface area (Å²) in [5, 5.41) is 17.7. The van der Waals surface area contributed by atoms with Crippen molar-refractivity contribution in [2.45, 2.75) is 32.3 Å². The summed E-state index contributed by atoms with van der Waals surface area (Å²) < 4.78 is 0. The molecular weight excluding hydrogens is 168 g/mol. The molecule has 13 heavy (non-hydrogen) atoms. The van der Waals surface area contributed by atoms with Crippen LogP contribution in [0.1, 0.15) is 26.7 Å². The van der Waals surface area contributed by atoms with Gasteiger partial charge in [0.1, 0.15) is 0 Å². The molecule has 0 bridgehead atoms. The minimum atomic E-state index is -0.869. The van der Waals surface area contributed by atoms with E-state index in [0.717, 1.165) is 0 Å². The highest BCUT2D eigenvalue weighted by atomic mass is 16.4. The van der Waals surface area contributed by atoms with Crippen LogP contribution in [0.5, 0.6) is 0 Å². The molecule has 0 aliphatic carbocycles. The molecule has 0 saturated heterocycles. The van der Waals surface area contributed by atoms with Crippen LogP contribution in [0.25, 0.3) is 0 Å². The van der Waals surface area contributed by atoms with Crippen LogP contribution in [0.4, 0.5) is 0 Å². The molecule has 0 amide bonds. The van der Waals surface area contributed by atoms with Crippen molar-refractivity contribution in [2.75, 3.05) is 0 Å². The van der Waals surface area contributed by atoms with Crippen LogP contribution in [0.2, 0.25) is 0 Å². The first-order valence-corrected chi connectivity index (χ1v) is 4.12. The van der Waals surface area contributed by atoms with Gasteiger partial charge in [-0.25, -0.2) is 0 Å². The van der Waals surface area contributed by atoms with E-state index in [1.165, 1.54) is 0 Å². The maximum absolute atomic E-state index is 10.2. The molecule has 0 aliphatic rings. The quantitative estimate of drug-likeness (QED) is 0.640. The second-order valence-corrected chi connectivity index (χ2v) is 3.54. The average molecular weight is 184 g/mol. The van der Waals surface area contributed by atoms with Crippen LogP contribution >= 0.6 is 0 Å². The fourth-order valence-corrected chi connectivity index (χ4v) is 0.673. The van der Waals surface area contributed by atoms with Crippen molar-refractivity contribution in [1.82, 2.24) is 0 Å². The number of aliphatic hydroxyl groups is 1. The van der Waals surface area contributed by atoms with Crippen LogP contribution in [-0.4, -0.2) is 21.8 Å². The van der Waals surface area contributed by atoms with E-state index in [2.05, 4.69) is 6.58 Å². The Morgan fingerprint density at radius 2 is 2.00 bits per heavy atom. The lowest BCUT2D eigenvalue weighted by Gasteiger charge is -2.10. The molecule has 0 aromatic heterocycles. The molecule has 0 aromatic carbocycles. The van der Waals surface area contributed by atoms with Gasteiger partial charge in [-0.15, -0.1) is 0 Å². The summed E-state index contributed by atoms with van der Waals surface area (Å²) in [6.45, 7) is 6.96. The van der Waals surface area contributed by atoms with Crippen LogP contribution in [0.15, 0.2) is 24.3 Å². The standard InChI is InChI=1S/C10H16O3/c1-8(4-5-9(11)12)6-7-10(2,3)13/h6-7,13H,1,4-5H2,2-3H3,(H,11,12). The number of carbonyl (C=O) groups is 1. The highest BCUT2D eigenvalue weighted by Gasteiger charge is 2.06. The lowest BCUT2D eigenvalue weighted by Crippen LogP contribution is -2.13. The first-order chi connectivity index (χ1) is 5.81. The minimum Gasteiger partial charge on any atom is -0.481 e. The Balaban J connectivity index is 3.88. The summed E-state index contributed by atoms with van der Waals surface area (Å²) >= 11 is 0. The van der Waals surface area contributed by atoms with E-state index in [4.69, 9.17) is 5.11 Å². The predicted octanol–water partition coefficient (Wildman–Crippen LogP) is 1.73. The van der Waals surface area contributed by atoms with Gasteiger partial charge in [-0.05, 0) is 20.3 Å². The van der Waals surface area contributed by atoms with Gasteiger partial charge in [0.2, 0.25) is 0 Å². The number of rotatable bonds is 5. The normalized spacial score (nSPS) is 11.9. The maximum atomic E-state index is 10.2. The molecule has 74 valence electrons. The first kappa shape index (κ1) is 11.9. The number of carboxylic acid groups (broad SMARTS) is 1. The van der Waals surface area contributed by atoms with E-state index in [1.54, 1.807) is 26.0 Å². The van der Waals surface area contributed by atoms with Crippen LogP contribution < -0.4 is 0 Å². The fourth-order valence-electron chi connectivity index (χ4n) is 0.673. The Kier molecular flexibility index (Phi) is 4.42. The van der Waals surface area contributed by atoms with Crippen molar-refractivity contribution >= 4 is 5.97 Å². The van der Waals surface area contributed by atoms with Crippen LogP contribution in [0.3, 0.4) is 0 Å². The van der Waals surface area contributed by atoms with Gasteiger partial charge in [0.05, 0.1) is 5.60 Å². The van der Waals surface area contributed by atoms with Crippen LogP contribution in [0, 0.1) is 0 Å². The van der Waals surface area contributed by atoms with Gasteiger partial charge in [-0.3, -0.25) is 4.79 Å². The second-order valence-electron chi connectivity index (χ2n) is 3.54. The number of carboxylic acids is 1. The van der Waals surface area contributed by atoms with E-state index in [0.29, 0.717) is 12.0 Å². The Morgan fingerprint density at radius 1 is 1.46 bits per heavy atom. The molecule has 0 spiro atoms. The fraction of sp³-hybridized carbons (Fsp3) is 0.500. The van der Waals surface area contributed by atoms with Crippen molar-refractivity contribution < 1.29 is 15.0 Å². The SMILES string of the molecule is C=C(C=CC(C)(C)O)CCC(=O)O. The van der Waals surface area contributed by atoms with Crippen LogP contribution in [-0.2, 0) is 4.79 Å². The third-order valence-corrected chi connectivity index (χ3v) is 1.39. The lowest BCUT2D eigenvalue weighted by molar-refractivity contribution is -0.136. The van der Waals surface area contributed by atoms with Crippen molar-refractivity contribution in [1.29, 1.82) is 0 Å². The zero-order valence-electron chi connectivity index (χ0n) is 8.08. The molecule has 0 aliphatic heterocycles. The average Bonchev–Trinajstić information content (AvgIpc) is 1.95. The highest BCUT2D eigenvalue weighted by Crippen LogP contribution is 2.08. The molecule has 0 saturated carbocycles. The lowest BCUT2D eigenvalue weighted by atomic mass is 10.1. The van der Waals surface area contributed by atoms with Gasteiger partial charge in [0.25, 0.3) is 0 Å². The Hall–Kier alpha value is -1.09. The molecule has 0 radical (unpaired) electrons. The predicted molar refractivity (Wildman–Crippen MR) is 51.4 cm³/mol. The molecule has 0 aromatic rings. The molecule has 0 rings (SSSR count). The summed E-state index contributed by atoms with van der Waals surface area (Å²) in [6.07, 6.45) is 3.75. The molecule has 0 atom stereocenters. The van der Waals surface area contributed by atoms with E-state index in [9.17, 15) is 9.90 Å². The monoisotopic (exact) mass is 184 g/mol. The largest absolute Gasteiger partial charge is 0.481 e. The van der Waals surface area contributed by atoms with Gasteiger partial charge in [-0.2, -0.15) is 0 Å². The van der Waals surface area contributed by atoms with Gasteiger partial charge in [0.15, 0.2) is 0 Å². The summed E-state index contributed by atoms with van der Waals surface area (Å²) in [5.74, 6) is -0.835. The molecule has 3 heteroatoms. The topological polar surface area (TPSA) is 57.5 Å².